The first-order chi connectivity index (χ1) is 7.86. The number of ketones is 1. The molecule has 2 nitrogen and oxygen atoms in total. The fraction of sp³-hybridized carbons (Fsp3) is 0.333. The Morgan fingerprint density at radius 2 is 1.88 bits per heavy atom. The van der Waals surface area contributed by atoms with E-state index in [0.717, 1.165) is 12.1 Å². The quantitative estimate of drug-likeness (QED) is 0.814. The molecule has 0 heterocycles. The van der Waals surface area contributed by atoms with Crippen LogP contribution in [0.15, 0.2) is 24.3 Å². The van der Waals surface area contributed by atoms with Crippen LogP contribution < -0.4 is 0 Å². The van der Waals surface area contributed by atoms with Crippen LogP contribution in [-0.2, 0) is 11.0 Å². The van der Waals surface area contributed by atoms with E-state index in [2.05, 4.69) is 0 Å². The molecule has 0 radical (unpaired) electrons. The molecule has 1 rings (SSSR count). The Bertz CT molecular complexity index is 442. The van der Waals surface area contributed by atoms with Gasteiger partial charge in [-0.25, -0.2) is 0 Å². The van der Waals surface area contributed by atoms with E-state index < -0.39 is 17.7 Å². The number of carbonyl (C=O) groups excluding carboxylic acids is 1. The molecule has 0 fully saturated rings. The lowest BCUT2D eigenvalue weighted by atomic mass is 9.94. The van der Waals surface area contributed by atoms with Crippen LogP contribution in [0.25, 0.3) is 0 Å². The molecular formula is C12H10F3NO. The average Bonchev–Trinajstić information content (AvgIpc) is 2.27. The van der Waals surface area contributed by atoms with E-state index in [-0.39, 0.29) is 12.2 Å². The number of carbonyl (C=O) groups is 1. The fourth-order valence-electron chi connectivity index (χ4n) is 1.38. The number of rotatable bonds is 3. The first kappa shape index (κ1) is 13.2. The second kappa shape index (κ2) is 5.00. The van der Waals surface area contributed by atoms with Gasteiger partial charge in [0.05, 0.1) is 18.1 Å². The van der Waals surface area contributed by atoms with Crippen molar-refractivity contribution in [1.82, 2.24) is 0 Å². The molecule has 17 heavy (non-hydrogen) atoms. The Morgan fingerprint density at radius 1 is 1.35 bits per heavy atom. The molecule has 0 saturated carbocycles. The Balaban J connectivity index is 2.89. The third kappa shape index (κ3) is 3.31. The van der Waals surface area contributed by atoms with E-state index in [1.807, 2.05) is 0 Å². The summed E-state index contributed by atoms with van der Waals surface area (Å²) in [6.45, 7) is 1.57. The van der Waals surface area contributed by atoms with Crippen molar-refractivity contribution in [3.8, 4) is 6.07 Å². The molecule has 0 N–H and O–H groups in total. The molecule has 0 bridgehead atoms. The maximum absolute atomic E-state index is 12.3. The zero-order valence-electron chi connectivity index (χ0n) is 9.08. The molecule has 1 aromatic carbocycles. The maximum Gasteiger partial charge on any atom is 0.416 e. The van der Waals surface area contributed by atoms with Crippen LogP contribution in [0.3, 0.4) is 0 Å². The van der Waals surface area contributed by atoms with E-state index in [1.54, 1.807) is 13.0 Å². The SMILES string of the molecule is CC(C(=O)CC#N)c1ccc(C(F)(F)F)cc1. The topological polar surface area (TPSA) is 40.9 Å². The molecule has 90 valence electrons. The first-order valence-electron chi connectivity index (χ1n) is 4.93. The summed E-state index contributed by atoms with van der Waals surface area (Å²) in [5.74, 6) is -0.857. The van der Waals surface area contributed by atoms with Crippen LogP contribution in [-0.4, -0.2) is 5.78 Å². The molecule has 5 heteroatoms. The zero-order valence-corrected chi connectivity index (χ0v) is 9.08. The highest BCUT2D eigenvalue weighted by Gasteiger charge is 2.30. The minimum Gasteiger partial charge on any atom is -0.298 e. The highest BCUT2D eigenvalue weighted by Crippen LogP contribution is 2.30. The van der Waals surface area contributed by atoms with Gasteiger partial charge in [-0.1, -0.05) is 19.1 Å². The number of nitriles is 1. The van der Waals surface area contributed by atoms with Gasteiger partial charge < -0.3 is 0 Å². The molecule has 0 amide bonds. The predicted molar refractivity (Wildman–Crippen MR) is 55.1 cm³/mol. The van der Waals surface area contributed by atoms with Gasteiger partial charge in [0.1, 0.15) is 0 Å². The maximum atomic E-state index is 12.3. The van der Waals surface area contributed by atoms with Crippen molar-refractivity contribution in [2.45, 2.75) is 25.4 Å². The minimum atomic E-state index is -4.38. The van der Waals surface area contributed by atoms with E-state index >= 15 is 0 Å². The second-order valence-corrected chi connectivity index (χ2v) is 3.64. The largest absolute Gasteiger partial charge is 0.416 e. The summed E-state index contributed by atoms with van der Waals surface area (Å²) < 4.78 is 36.9. The van der Waals surface area contributed by atoms with Crippen LogP contribution in [0.2, 0.25) is 0 Å². The molecule has 0 saturated heterocycles. The van der Waals surface area contributed by atoms with Crippen molar-refractivity contribution in [2.75, 3.05) is 0 Å². The van der Waals surface area contributed by atoms with Gasteiger partial charge >= 0.3 is 6.18 Å². The number of halogens is 3. The third-order valence-corrected chi connectivity index (χ3v) is 2.47. The molecule has 1 aromatic rings. The van der Waals surface area contributed by atoms with Gasteiger partial charge in [-0.2, -0.15) is 18.4 Å². The predicted octanol–water partition coefficient (Wildman–Crippen LogP) is 3.29. The van der Waals surface area contributed by atoms with E-state index in [1.165, 1.54) is 12.1 Å². The Kier molecular flexibility index (Phi) is 3.89. The van der Waals surface area contributed by atoms with Crippen molar-refractivity contribution in [2.24, 2.45) is 0 Å². The molecule has 0 aliphatic carbocycles. The van der Waals surface area contributed by atoms with Gasteiger partial charge in [0, 0.05) is 5.92 Å². The van der Waals surface area contributed by atoms with Crippen molar-refractivity contribution < 1.29 is 18.0 Å². The minimum absolute atomic E-state index is 0.234. The lowest BCUT2D eigenvalue weighted by Gasteiger charge is -2.11. The summed E-state index contributed by atoms with van der Waals surface area (Å²) in [5, 5.41) is 8.36. The zero-order chi connectivity index (χ0) is 13.1. The van der Waals surface area contributed by atoms with Gasteiger partial charge in [0.25, 0.3) is 0 Å². The number of nitrogens with zero attached hydrogens (tertiary/aromatic N) is 1. The van der Waals surface area contributed by atoms with Gasteiger partial charge in [0.2, 0.25) is 0 Å². The molecule has 1 atom stereocenters. The first-order valence-corrected chi connectivity index (χ1v) is 4.93. The summed E-state index contributed by atoms with van der Waals surface area (Å²) in [5.41, 5.74) is -0.264. The van der Waals surface area contributed by atoms with E-state index in [4.69, 9.17) is 5.26 Å². The lowest BCUT2D eigenvalue weighted by molar-refractivity contribution is -0.137. The summed E-state index contributed by atoms with van der Waals surface area (Å²) in [6.07, 6.45) is -4.61. The smallest absolute Gasteiger partial charge is 0.298 e. The van der Waals surface area contributed by atoms with E-state index in [0.29, 0.717) is 5.56 Å². The highest BCUT2D eigenvalue weighted by molar-refractivity contribution is 5.86. The van der Waals surface area contributed by atoms with E-state index in [9.17, 15) is 18.0 Å². The van der Waals surface area contributed by atoms with Crippen LogP contribution in [0, 0.1) is 11.3 Å². The Labute approximate surface area is 96.7 Å². The number of hydrogen-bond acceptors (Lipinski definition) is 2. The summed E-state index contributed by atoms with van der Waals surface area (Å²) in [4.78, 5) is 11.4. The summed E-state index contributed by atoms with van der Waals surface area (Å²) in [6, 6.07) is 6.13. The van der Waals surface area contributed by atoms with Crippen molar-refractivity contribution >= 4 is 5.78 Å². The highest BCUT2D eigenvalue weighted by atomic mass is 19.4. The number of Topliss-reactive ketones (excluding diaryl/α,β-unsaturated/α-hetero) is 1. The normalized spacial score (nSPS) is 12.9. The monoisotopic (exact) mass is 241 g/mol. The van der Waals surface area contributed by atoms with Gasteiger partial charge in [-0.05, 0) is 17.7 Å². The number of hydrogen-bond donors (Lipinski definition) is 0. The molecule has 1 unspecified atom stereocenters. The van der Waals surface area contributed by atoms with Crippen molar-refractivity contribution in [3.63, 3.8) is 0 Å². The number of alkyl halides is 3. The second-order valence-electron chi connectivity index (χ2n) is 3.64. The summed E-state index contributed by atoms with van der Waals surface area (Å²) >= 11 is 0. The number of benzene rings is 1. The molecular weight excluding hydrogens is 231 g/mol. The van der Waals surface area contributed by atoms with Crippen LogP contribution in [0.5, 0.6) is 0 Å². The average molecular weight is 241 g/mol. The Hall–Kier alpha value is -1.83. The van der Waals surface area contributed by atoms with Crippen LogP contribution >= 0.6 is 0 Å². The summed E-state index contributed by atoms with van der Waals surface area (Å²) in [7, 11) is 0. The standard InChI is InChI=1S/C12H10F3NO/c1-8(11(17)6-7-16)9-2-4-10(5-3-9)12(13,14)15/h2-5,8H,6H2,1H3. The Morgan fingerprint density at radius 3 is 2.29 bits per heavy atom. The molecule has 0 spiro atoms. The fourth-order valence-corrected chi connectivity index (χ4v) is 1.38. The molecule has 0 aliphatic heterocycles. The van der Waals surface area contributed by atoms with Gasteiger partial charge in [-0.3, -0.25) is 4.79 Å². The van der Waals surface area contributed by atoms with Crippen LogP contribution in [0.1, 0.15) is 30.4 Å². The molecule has 0 aliphatic rings. The van der Waals surface area contributed by atoms with Crippen LogP contribution in [0.4, 0.5) is 13.2 Å². The van der Waals surface area contributed by atoms with Crippen molar-refractivity contribution in [1.29, 1.82) is 5.26 Å². The third-order valence-electron chi connectivity index (χ3n) is 2.47. The lowest BCUT2D eigenvalue weighted by Crippen LogP contribution is -2.09. The van der Waals surface area contributed by atoms with Crippen molar-refractivity contribution in [3.05, 3.63) is 35.4 Å². The van der Waals surface area contributed by atoms with Gasteiger partial charge in [-0.15, -0.1) is 0 Å². The molecule has 0 aromatic heterocycles. The van der Waals surface area contributed by atoms with Gasteiger partial charge in [0.15, 0.2) is 5.78 Å².